The number of hydrogen-bond donors (Lipinski definition) is 2. The quantitative estimate of drug-likeness (QED) is 0.459. The number of thiazole rings is 1. The van der Waals surface area contributed by atoms with Crippen LogP contribution in [-0.2, 0) is 14.4 Å². The number of nitrogens with zero attached hydrogens (tertiary/aromatic N) is 1. The molecule has 2 N–H and O–H groups in total. The Kier molecular flexibility index (Phi) is 8.42. The van der Waals surface area contributed by atoms with Gasteiger partial charge < -0.3 is 10.6 Å². The number of unbranched alkanes of at least 4 members (excludes halogenated alkanes) is 3. The number of hydrogen-bond acceptors (Lipinski definition) is 5. The first kappa shape index (κ1) is 21.1. The van der Waals surface area contributed by atoms with Crippen LogP contribution in [0.25, 0.3) is 11.3 Å². The van der Waals surface area contributed by atoms with Crippen LogP contribution in [0.5, 0.6) is 0 Å². The molecule has 2 amide bonds. The van der Waals surface area contributed by atoms with Gasteiger partial charge in [0.15, 0.2) is 5.13 Å². The summed E-state index contributed by atoms with van der Waals surface area (Å²) in [4.78, 5) is 38.9. The largest absolute Gasteiger partial charge is 0.353 e. The molecule has 0 saturated heterocycles. The van der Waals surface area contributed by atoms with Gasteiger partial charge in [-0.15, -0.1) is 11.3 Å². The molecule has 0 spiro atoms. The van der Waals surface area contributed by atoms with Crippen molar-refractivity contribution in [3.8, 4) is 11.3 Å². The highest BCUT2D eigenvalue weighted by Crippen LogP contribution is 2.26. The number of aromatic nitrogens is 1. The summed E-state index contributed by atoms with van der Waals surface area (Å²) in [6.45, 7) is 0. The van der Waals surface area contributed by atoms with Gasteiger partial charge in [0.25, 0.3) is 5.91 Å². The summed E-state index contributed by atoms with van der Waals surface area (Å²) in [5.74, 6) is -1.01. The summed E-state index contributed by atoms with van der Waals surface area (Å²) < 4.78 is 0. The maximum Gasteiger partial charge on any atom is 0.287 e. The zero-order valence-corrected chi connectivity index (χ0v) is 16.7. The Morgan fingerprint density at radius 2 is 1.70 bits per heavy atom. The molecule has 27 heavy (non-hydrogen) atoms. The van der Waals surface area contributed by atoms with Crippen LogP contribution in [0.15, 0.2) is 29.6 Å². The lowest BCUT2D eigenvalue weighted by Gasteiger charge is -2.02. The van der Waals surface area contributed by atoms with Crippen LogP contribution in [0, 0.1) is 0 Å². The molecule has 1 aromatic carbocycles. The van der Waals surface area contributed by atoms with Gasteiger partial charge in [0.2, 0.25) is 11.7 Å². The van der Waals surface area contributed by atoms with Gasteiger partial charge in [-0.05, 0) is 25.0 Å². The molecule has 0 saturated carbocycles. The van der Waals surface area contributed by atoms with E-state index in [0.29, 0.717) is 23.0 Å². The Morgan fingerprint density at radius 3 is 2.37 bits per heavy atom. The summed E-state index contributed by atoms with van der Waals surface area (Å²) in [5.41, 5.74) is 1.75. The second-order valence-electron chi connectivity index (χ2n) is 6.01. The van der Waals surface area contributed by atoms with Gasteiger partial charge >= 0.3 is 0 Å². The normalized spacial score (nSPS) is 10.4. The molecule has 6 nitrogen and oxygen atoms in total. The van der Waals surface area contributed by atoms with E-state index in [9.17, 15) is 14.4 Å². The Morgan fingerprint density at radius 1 is 1.04 bits per heavy atom. The van der Waals surface area contributed by atoms with Crippen molar-refractivity contribution in [3.63, 3.8) is 0 Å². The van der Waals surface area contributed by atoms with Crippen LogP contribution in [0.2, 0.25) is 5.02 Å². The fourth-order valence-electron chi connectivity index (χ4n) is 2.44. The molecule has 0 radical (unpaired) electrons. The minimum Gasteiger partial charge on any atom is -0.353 e. The highest BCUT2D eigenvalue weighted by Gasteiger charge is 2.11. The highest BCUT2D eigenvalue weighted by atomic mass is 35.5. The Balaban J connectivity index is 1.65. The average Bonchev–Trinajstić information content (AvgIpc) is 3.12. The Hall–Kier alpha value is -2.25. The van der Waals surface area contributed by atoms with Crippen LogP contribution >= 0.6 is 22.9 Å². The zero-order chi connectivity index (χ0) is 19.6. The maximum absolute atomic E-state index is 12.0. The first-order valence-electron chi connectivity index (χ1n) is 8.76. The molecular weight excluding hydrogens is 386 g/mol. The van der Waals surface area contributed by atoms with E-state index in [1.165, 1.54) is 18.4 Å². The first-order valence-corrected chi connectivity index (χ1v) is 10.0. The van der Waals surface area contributed by atoms with E-state index in [1.807, 2.05) is 17.5 Å². The summed E-state index contributed by atoms with van der Waals surface area (Å²) in [7, 11) is 1.44. The fourth-order valence-corrected chi connectivity index (χ4v) is 3.31. The third-order valence-corrected chi connectivity index (χ3v) is 4.94. The molecule has 0 fully saturated rings. The predicted molar refractivity (Wildman–Crippen MR) is 108 cm³/mol. The number of benzene rings is 1. The summed E-state index contributed by atoms with van der Waals surface area (Å²) >= 11 is 7.26. The van der Waals surface area contributed by atoms with E-state index >= 15 is 0 Å². The molecule has 0 bridgehead atoms. The summed E-state index contributed by atoms with van der Waals surface area (Å²) in [6, 6.07) is 7.38. The van der Waals surface area contributed by atoms with Crippen molar-refractivity contribution in [2.45, 2.75) is 38.5 Å². The van der Waals surface area contributed by atoms with Gasteiger partial charge in [0, 0.05) is 35.9 Å². The van der Waals surface area contributed by atoms with E-state index < -0.39 is 11.7 Å². The van der Waals surface area contributed by atoms with Gasteiger partial charge in [-0.25, -0.2) is 4.98 Å². The third-order valence-electron chi connectivity index (χ3n) is 3.93. The van der Waals surface area contributed by atoms with E-state index in [0.717, 1.165) is 30.5 Å². The number of Topliss-reactive ketones (excluding diaryl/α,β-unsaturated/α-hetero) is 1. The smallest absolute Gasteiger partial charge is 0.287 e. The van der Waals surface area contributed by atoms with Crippen LogP contribution in [0.1, 0.15) is 38.5 Å². The van der Waals surface area contributed by atoms with Gasteiger partial charge in [0.05, 0.1) is 5.69 Å². The summed E-state index contributed by atoms with van der Waals surface area (Å²) in [5, 5.41) is 8.26. The minimum absolute atomic E-state index is 0.0755. The van der Waals surface area contributed by atoms with Crippen molar-refractivity contribution in [2.24, 2.45) is 0 Å². The third kappa shape index (κ3) is 7.11. The van der Waals surface area contributed by atoms with Gasteiger partial charge in [-0.3, -0.25) is 14.4 Å². The number of halogens is 1. The number of likely N-dealkylation sites (N-methyl/N-ethyl adjacent to an activating group) is 1. The molecule has 0 atom stereocenters. The molecule has 0 aliphatic rings. The minimum atomic E-state index is -0.546. The van der Waals surface area contributed by atoms with Crippen molar-refractivity contribution >= 4 is 45.7 Å². The van der Waals surface area contributed by atoms with Crippen LogP contribution in [0.4, 0.5) is 5.13 Å². The van der Waals surface area contributed by atoms with Crippen molar-refractivity contribution < 1.29 is 14.4 Å². The lowest BCUT2D eigenvalue weighted by molar-refractivity contribution is -0.137. The second kappa shape index (κ2) is 10.8. The molecule has 144 valence electrons. The number of amides is 2. The second-order valence-corrected chi connectivity index (χ2v) is 7.30. The first-order chi connectivity index (χ1) is 13.0. The lowest BCUT2D eigenvalue weighted by atomic mass is 10.1. The lowest BCUT2D eigenvalue weighted by Crippen LogP contribution is -2.27. The molecule has 1 aromatic heterocycles. The molecular formula is C19H22ClN3O3S. The number of carbonyl (C=O) groups excluding carboxylic acids is 3. The van der Waals surface area contributed by atoms with E-state index in [1.54, 1.807) is 12.1 Å². The van der Waals surface area contributed by atoms with E-state index in [2.05, 4.69) is 15.6 Å². The van der Waals surface area contributed by atoms with Crippen molar-refractivity contribution in [1.82, 2.24) is 10.3 Å². The van der Waals surface area contributed by atoms with Gasteiger partial charge in [0.1, 0.15) is 0 Å². The number of ketones is 1. The number of nitrogens with one attached hydrogen (secondary N) is 2. The molecule has 8 heteroatoms. The molecule has 2 aromatic rings. The molecule has 0 aliphatic heterocycles. The van der Waals surface area contributed by atoms with Gasteiger partial charge in [-0.1, -0.05) is 36.6 Å². The molecule has 0 aliphatic carbocycles. The SMILES string of the molecule is CNC(=O)C(=O)CCCCCCC(=O)Nc1nc(-c2ccc(Cl)cc2)cs1. The summed E-state index contributed by atoms with van der Waals surface area (Å²) in [6.07, 6.45) is 3.69. The van der Waals surface area contributed by atoms with Crippen LogP contribution < -0.4 is 10.6 Å². The number of anilines is 1. The Bertz CT molecular complexity index is 790. The topological polar surface area (TPSA) is 88.2 Å². The van der Waals surface area contributed by atoms with E-state index in [4.69, 9.17) is 11.6 Å². The number of rotatable bonds is 10. The fraction of sp³-hybridized carbons (Fsp3) is 0.368. The zero-order valence-electron chi connectivity index (χ0n) is 15.1. The monoisotopic (exact) mass is 407 g/mol. The molecule has 2 rings (SSSR count). The average molecular weight is 408 g/mol. The van der Waals surface area contributed by atoms with Crippen molar-refractivity contribution in [1.29, 1.82) is 0 Å². The van der Waals surface area contributed by atoms with Crippen molar-refractivity contribution in [3.05, 3.63) is 34.7 Å². The highest BCUT2D eigenvalue weighted by molar-refractivity contribution is 7.14. The number of carbonyl (C=O) groups is 3. The maximum atomic E-state index is 12.0. The van der Waals surface area contributed by atoms with Gasteiger partial charge in [-0.2, -0.15) is 0 Å². The Labute approximate surface area is 167 Å². The van der Waals surface area contributed by atoms with Crippen molar-refractivity contribution in [2.75, 3.05) is 12.4 Å². The molecule has 0 unspecified atom stereocenters. The van der Waals surface area contributed by atoms with Crippen LogP contribution in [-0.4, -0.2) is 29.6 Å². The van der Waals surface area contributed by atoms with Crippen LogP contribution in [0.3, 0.4) is 0 Å². The standard InChI is InChI=1S/C19H22ClN3O3S/c1-21-18(26)16(24)6-4-2-3-5-7-17(25)23-19-22-15(12-27-19)13-8-10-14(20)11-9-13/h8-12H,2-7H2,1H3,(H,21,26)(H,22,23,25). The predicted octanol–water partition coefficient (Wildman–Crippen LogP) is 4.06. The van der Waals surface area contributed by atoms with E-state index in [-0.39, 0.29) is 12.3 Å². The molecule has 1 heterocycles.